The summed E-state index contributed by atoms with van der Waals surface area (Å²) in [6.45, 7) is 8.46. The van der Waals surface area contributed by atoms with Crippen molar-refractivity contribution in [1.82, 2.24) is 14.5 Å². The van der Waals surface area contributed by atoms with Gasteiger partial charge in [0, 0.05) is 33.0 Å². The van der Waals surface area contributed by atoms with Crippen LogP contribution >= 0.6 is 0 Å². The van der Waals surface area contributed by atoms with Gasteiger partial charge in [-0.05, 0) is 95.4 Å². The van der Waals surface area contributed by atoms with E-state index < -0.39 is 0 Å². The molecule has 0 radical (unpaired) electrons. The van der Waals surface area contributed by atoms with E-state index in [1.807, 2.05) is 32.0 Å². The van der Waals surface area contributed by atoms with Crippen LogP contribution in [0.4, 0.5) is 0 Å². The third-order valence-corrected chi connectivity index (χ3v) is 9.46. The minimum absolute atomic E-state index is 0.724. The van der Waals surface area contributed by atoms with E-state index in [0.717, 1.165) is 39.2 Å². The van der Waals surface area contributed by atoms with Crippen molar-refractivity contribution in [2.75, 3.05) is 0 Å². The molecule has 236 valence electrons. The molecule has 0 saturated carbocycles. The standard InChI is InChI=1S/C44H31N3.C2H6/c1-28-20-21-30-12-6-7-15-34(30)42(28)37-27-38-35-16-9-11-19-40(35)47(41(38)26-29(37)2)33-24-22-32(23-25-33)44-45-39-18-10-8-17-36(39)43(46-44)31-13-4-3-5-14-31;1-2/h3-27H,1-2H3;1-2H3. The van der Waals surface area contributed by atoms with Gasteiger partial charge in [-0.25, -0.2) is 9.97 Å². The van der Waals surface area contributed by atoms with Crippen molar-refractivity contribution >= 4 is 43.5 Å². The maximum absolute atomic E-state index is 5.09. The number of nitrogens with zero attached hydrogens (tertiary/aromatic N) is 3. The molecular formula is C46H37N3. The van der Waals surface area contributed by atoms with Gasteiger partial charge in [-0.3, -0.25) is 0 Å². The van der Waals surface area contributed by atoms with Crippen LogP contribution in [-0.4, -0.2) is 14.5 Å². The monoisotopic (exact) mass is 631 g/mol. The van der Waals surface area contributed by atoms with E-state index >= 15 is 0 Å². The van der Waals surface area contributed by atoms with Gasteiger partial charge < -0.3 is 4.57 Å². The van der Waals surface area contributed by atoms with Gasteiger partial charge in [0.2, 0.25) is 0 Å². The van der Waals surface area contributed by atoms with Crippen molar-refractivity contribution in [3.05, 3.63) is 163 Å². The fraction of sp³-hybridized carbons (Fsp3) is 0.0870. The molecule has 3 heteroatoms. The van der Waals surface area contributed by atoms with Crippen molar-refractivity contribution in [1.29, 1.82) is 0 Å². The average molecular weight is 632 g/mol. The number of rotatable bonds is 4. The number of hydrogen-bond acceptors (Lipinski definition) is 2. The normalized spacial score (nSPS) is 11.3. The summed E-state index contributed by atoms with van der Waals surface area (Å²) < 4.78 is 2.39. The van der Waals surface area contributed by atoms with Crippen molar-refractivity contribution in [3.63, 3.8) is 0 Å². The summed E-state index contributed by atoms with van der Waals surface area (Å²) in [6, 6.07) is 54.0. The first-order valence-corrected chi connectivity index (χ1v) is 17.1. The lowest BCUT2D eigenvalue weighted by molar-refractivity contribution is 1.17. The van der Waals surface area contributed by atoms with E-state index in [4.69, 9.17) is 9.97 Å². The highest BCUT2D eigenvalue weighted by Gasteiger charge is 2.18. The summed E-state index contributed by atoms with van der Waals surface area (Å²) in [7, 11) is 0. The Balaban J connectivity index is 0.00000171. The van der Waals surface area contributed by atoms with Gasteiger partial charge >= 0.3 is 0 Å². The van der Waals surface area contributed by atoms with Gasteiger partial charge in [0.1, 0.15) is 0 Å². The second kappa shape index (κ2) is 12.5. The molecule has 0 aliphatic heterocycles. The minimum Gasteiger partial charge on any atom is -0.309 e. The molecule has 3 nitrogen and oxygen atoms in total. The predicted octanol–water partition coefficient (Wildman–Crippen LogP) is 12.5. The molecule has 0 N–H and O–H groups in total. The average Bonchev–Trinajstić information content (AvgIpc) is 3.48. The van der Waals surface area contributed by atoms with E-state index in [-0.39, 0.29) is 0 Å². The maximum atomic E-state index is 5.09. The molecule has 0 saturated heterocycles. The number of hydrogen-bond donors (Lipinski definition) is 0. The van der Waals surface area contributed by atoms with Crippen LogP contribution in [0, 0.1) is 13.8 Å². The number of aryl methyl sites for hydroxylation is 2. The molecule has 2 heterocycles. The predicted molar refractivity (Wildman–Crippen MR) is 209 cm³/mol. The van der Waals surface area contributed by atoms with Crippen molar-refractivity contribution in [2.45, 2.75) is 27.7 Å². The molecule has 49 heavy (non-hydrogen) atoms. The van der Waals surface area contributed by atoms with Crippen LogP contribution in [0.25, 0.3) is 82.9 Å². The Morgan fingerprint density at radius 1 is 0.469 bits per heavy atom. The van der Waals surface area contributed by atoms with Crippen molar-refractivity contribution in [2.24, 2.45) is 0 Å². The van der Waals surface area contributed by atoms with Crippen LogP contribution in [0.1, 0.15) is 25.0 Å². The van der Waals surface area contributed by atoms with Crippen LogP contribution in [0.2, 0.25) is 0 Å². The molecule has 0 atom stereocenters. The summed E-state index contributed by atoms with van der Waals surface area (Å²) in [5, 5.41) is 6.11. The summed E-state index contributed by atoms with van der Waals surface area (Å²) in [5.41, 5.74) is 12.6. The summed E-state index contributed by atoms with van der Waals surface area (Å²) in [5.74, 6) is 0.724. The van der Waals surface area contributed by atoms with Gasteiger partial charge in [-0.2, -0.15) is 0 Å². The van der Waals surface area contributed by atoms with E-state index in [9.17, 15) is 0 Å². The lowest BCUT2D eigenvalue weighted by Crippen LogP contribution is -1.97. The van der Waals surface area contributed by atoms with E-state index in [2.05, 4.69) is 152 Å². The van der Waals surface area contributed by atoms with Crippen molar-refractivity contribution in [3.8, 4) is 39.5 Å². The zero-order valence-corrected chi connectivity index (χ0v) is 28.3. The molecule has 0 amide bonds. The second-order valence-electron chi connectivity index (χ2n) is 12.3. The molecule has 0 aliphatic carbocycles. The van der Waals surface area contributed by atoms with Crippen LogP contribution < -0.4 is 0 Å². The summed E-state index contributed by atoms with van der Waals surface area (Å²) in [4.78, 5) is 10.1. The highest BCUT2D eigenvalue weighted by Crippen LogP contribution is 2.40. The summed E-state index contributed by atoms with van der Waals surface area (Å²) in [6.07, 6.45) is 0. The van der Waals surface area contributed by atoms with Crippen LogP contribution in [0.3, 0.4) is 0 Å². The quantitative estimate of drug-likeness (QED) is 0.193. The van der Waals surface area contributed by atoms with Gasteiger partial charge in [-0.1, -0.05) is 117 Å². The fourth-order valence-electron chi connectivity index (χ4n) is 7.19. The molecule has 7 aromatic carbocycles. The van der Waals surface area contributed by atoms with Crippen molar-refractivity contribution < 1.29 is 0 Å². The molecule has 0 spiro atoms. The Labute approximate surface area is 287 Å². The Kier molecular flexibility index (Phi) is 7.74. The first-order chi connectivity index (χ1) is 24.1. The lowest BCUT2D eigenvalue weighted by atomic mass is 9.90. The fourth-order valence-corrected chi connectivity index (χ4v) is 7.19. The van der Waals surface area contributed by atoms with Gasteiger partial charge in [0.15, 0.2) is 5.82 Å². The van der Waals surface area contributed by atoms with Crippen LogP contribution in [-0.2, 0) is 0 Å². The lowest BCUT2D eigenvalue weighted by Gasteiger charge is -2.15. The first kappa shape index (κ1) is 30.3. The maximum Gasteiger partial charge on any atom is 0.160 e. The Hall–Kier alpha value is -6.06. The van der Waals surface area contributed by atoms with Gasteiger partial charge in [0.05, 0.1) is 22.2 Å². The third-order valence-electron chi connectivity index (χ3n) is 9.46. The Morgan fingerprint density at radius 3 is 1.94 bits per heavy atom. The zero-order chi connectivity index (χ0) is 33.5. The van der Waals surface area contributed by atoms with E-state index in [1.54, 1.807) is 0 Å². The van der Waals surface area contributed by atoms with Gasteiger partial charge in [0.25, 0.3) is 0 Å². The first-order valence-electron chi connectivity index (χ1n) is 17.1. The molecule has 9 aromatic rings. The van der Waals surface area contributed by atoms with Crippen LogP contribution in [0.15, 0.2) is 152 Å². The molecule has 9 rings (SSSR count). The molecule has 0 fully saturated rings. The Morgan fingerprint density at radius 2 is 1.14 bits per heavy atom. The molecule has 2 aromatic heterocycles. The Bertz CT molecular complexity index is 2630. The third kappa shape index (κ3) is 5.15. The highest BCUT2D eigenvalue weighted by atomic mass is 15.0. The number of fused-ring (bicyclic) bond motifs is 5. The SMILES string of the molecule is CC.Cc1cc2c(cc1-c1c(C)ccc3ccccc13)c1ccccc1n2-c1ccc(-c2nc(-c3ccccc3)c3ccccc3n2)cc1. The minimum atomic E-state index is 0.724. The highest BCUT2D eigenvalue weighted by molar-refractivity contribution is 6.12. The number of benzene rings is 7. The smallest absolute Gasteiger partial charge is 0.160 e. The molecule has 0 unspecified atom stereocenters. The van der Waals surface area contributed by atoms with E-state index in [1.165, 1.54) is 54.8 Å². The number of aromatic nitrogens is 3. The topological polar surface area (TPSA) is 30.7 Å². The zero-order valence-electron chi connectivity index (χ0n) is 28.3. The summed E-state index contributed by atoms with van der Waals surface area (Å²) >= 11 is 0. The van der Waals surface area contributed by atoms with Crippen LogP contribution in [0.5, 0.6) is 0 Å². The van der Waals surface area contributed by atoms with E-state index in [0.29, 0.717) is 0 Å². The molecule has 0 aliphatic rings. The number of para-hydroxylation sites is 2. The second-order valence-corrected chi connectivity index (χ2v) is 12.3. The van der Waals surface area contributed by atoms with Gasteiger partial charge in [-0.15, -0.1) is 0 Å². The molecular weight excluding hydrogens is 595 g/mol. The largest absolute Gasteiger partial charge is 0.309 e. The molecule has 0 bridgehead atoms.